The minimum atomic E-state index is -2.06. The van der Waals surface area contributed by atoms with Gasteiger partial charge in [-0.05, 0) is 42.0 Å². The third kappa shape index (κ3) is 13.1. The van der Waals surface area contributed by atoms with Crippen molar-refractivity contribution < 1.29 is 109 Å². The van der Waals surface area contributed by atoms with Crippen LogP contribution in [0, 0.1) is 0 Å². The van der Waals surface area contributed by atoms with E-state index < -0.39 is 154 Å². The van der Waals surface area contributed by atoms with Crippen LogP contribution >= 0.6 is 0 Å². The van der Waals surface area contributed by atoms with Crippen LogP contribution in [0.3, 0.4) is 0 Å². The zero-order chi connectivity index (χ0) is 56.9. The first-order chi connectivity index (χ1) is 36.9. The predicted molar refractivity (Wildman–Crippen MR) is 260 cm³/mol. The Labute approximate surface area is 441 Å². The number of fused-ring (bicyclic) bond motifs is 2. The van der Waals surface area contributed by atoms with Crippen LogP contribution in [-0.4, -0.2) is 96.8 Å². The predicted octanol–water partition coefficient (Wildman–Crippen LogP) is 5.65. The Morgan fingerprint density at radius 2 is 1.04 bits per heavy atom. The van der Waals surface area contributed by atoms with E-state index in [1.54, 1.807) is 0 Å². The first-order valence-electron chi connectivity index (χ1n) is 23.5. The molecule has 408 valence electrons. The van der Waals surface area contributed by atoms with Crippen molar-refractivity contribution in [2.24, 2.45) is 0 Å². The van der Waals surface area contributed by atoms with E-state index in [-0.39, 0.29) is 39.9 Å². The SMILES string of the molecule is CC(=O)OC[C@H]1O[C@@H](Oc2cc(OC(C)=O)c3c(=O)cc(-c4ccc(OC(C)=O)cc4)oc3c2C2C(=O)c3c(OC(C)=O)cc(OC(C)=O)cc3OC2c2ccc(OC(C)=O)cc2)[C@H](OC(C)=O)[C@@H](OC(C)=O)[C@@H]1OC(C)=O. The van der Waals surface area contributed by atoms with Gasteiger partial charge in [-0.15, -0.1) is 0 Å². The molecule has 24 nitrogen and oxygen atoms in total. The molecule has 4 aromatic carbocycles. The van der Waals surface area contributed by atoms with Crippen LogP contribution in [0.4, 0.5) is 0 Å². The number of ether oxygens (including phenoxy) is 12. The van der Waals surface area contributed by atoms with Crippen LogP contribution in [0.25, 0.3) is 22.3 Å². The zero-order valence-electron chi connectivity index (χ0n) is 43.0. The van der Waals surface area contributed by atoms with Crippen molar-refractivity contribution in [3.63, 3.8) is 0 Å². The molecule has 0 radical (unpaired) electrons. The molecule has 2 aliphatic rings. The Morgan fingerprint density at radius 1 is 0.513 bits per heavy atom. The highest BCUT2D eigenvalue weighted by atomic mass is 16.7. The van der Waals surface area contributed by atoms with Crippen molar-refractivity contribution in [3.05, 3.63) is 99.7 Å². The minimum Gasteiger partial charge on any atom is -0.484 e. The van der Waals surface area contributed by atoms with Gasteiger partial charge in [-0.3, -0.25) is 52.7 Å². The number of rotatable bonds is 15. The molecule has 7 atom stereocenters. The largest absolute Gasteiger partial charge is 0.484 e. The molecular weight excluding hydrogens is 1030 g/mol. The molecule has 1 fully saturated rings. The fraction of sp³-hybridized carbons (Fsp3) is 0.315. The van der Waals surface area contributed by atoms with Gasteiger partial charge in [0.25, 0.3) is 0 Å². The summed E-state index contributed by atoms with van der Waals surface area (Å²) in [5.74, 6) is -12.9. The Hall–Kier alpha value is -9.45. The molecule has 2 unspecified atom stereocenters. The molecular formula is C54H48O24. The Morgan fingerprint density at radius 3 is 1.59 bits per heavy atom. The van der Waals surface area contributed by atoms with Gasteiger partial charge >= 0.3 is 53.7 Å². The maximum absolute atomic E-state index is 16.0. The molecule has 7 rings (SSSR count). The van der Waals surface area contributed by atoms with Crippen molar-refractivity contribution in [1.29, 1.82) is 0 Å². The molecule has 2 aliphatic heterocycles. The van der Waals surface area contributed by atoms with Crippen molar-refractivity contribution in [2.75, 3.05) is 6.61 Å². The van der Waals surface area contributed by atoms with E-state index in [9.17, 15) is 47.9 Å². The van der Waals surface area contributed by atoms with Gasteiger partial charge in [0.2, 0.25) is 12.4 Å². The van der Waals surface area contributed by atoms with Gasteiger partial charge in [-0.25, -0.2) is 0 Å². The number of carbonyl (C=O) groups excluding carboxylic acids is 10. The second kappa shape index (κ2) is 23.6. The van der Waals surface area contributed by atoms with Gasteiger partial charge in [-0.2, -0.15) is 0 Å². The fourth-order valence-corrected chi connectivity index (χ4v) is 8.62. The highest BCUT2D eigenvalue weighted by molar-refractivity contribution is 6.10. The molecule has 0 spiro atoms. The Bertz CT molecular complexity index is 3320. The monoisotopic (exact) mass is 1080 g/mol. The molecule has 5 aromatic rings. The van der Waals surface area contributed by atoms with Gasteiger partial charge in [0.1, 0.15) is 81.4 Å². The van der Waals surface area contributed by atoms with E-state index in [1.165, 1.54) is 68.4 Å². The summed E-state index contributed by atoms with van der Waals surface area (Å²) >= 11 is 0. The van der Waals surface area contributed by atoms with E-state index in [0.717, 1.165) is 66.7 Å². The topological polar surface area (TPSA) is 312 Å². The lowest BCUT2D eigenvalue weighted by molar-refractivity contribution is -0.288. The lowest BCUT2D eigenvalue weighted by atomic mass is 9.79. The first kappa shape index (κ1) is 56.3. The molecule has 0 amide bonds. The van der Waals surface area contributed by atoms with Gasteiger partial charge < -0.3 is 61.3 Å². The maximum Gasteiger partial charge on any atom is 0.308 e. The summed E-state index contributed by atoms with van der Waals surface area (Å²) in [5, 5.41) is -0.484. The van der Waals surface area contributed by atoms with Crippen LogP contribution in [-0.2, 0) is 66.8 Å². The third-order valence-corrected chi connectivity index (χ3v) is 11.2. The number of benzene rings is 4. The first-order valence-corrected chi connectivity index (χ1v) is 23.5. The number of Topliss-reactive ketones (excluding diaryl/α,β-unsaturated/α-hetero) is 1. The summed E-state index contributed by atoms with van der Waals surface area (Å²) in [7, 11) is 0. The smallest absolute Gasteiger partial charge is 0.308 e. The molecule has 0 aliphatic carbocycles. The average molecular weight is 1080 g/mol. The second-order valence-corrected chi connectivity index (χ2v) is 17.4. The van der Waals surface area contributed by atoms with Crippen LogP contribution < -0.4 is 38.6 Å². The van der Waals surface area contributed by atoms with E-state index in [4.69, 9.17) is 61.3 Å². The molecule has 3 heterocycles. The summed E-state index contributed by atoms with van der Waals surface area (Å²) in [4.78, 5) is 143. The van der Waals surface area contributed by atoms with Crippen molar-refractivity contribution in [3.8, 4) is 51.6 Å². The summed E-state index contributed by atoms with van der Waals surface area (Å²) in [6.07, 6.45) is -10.7. The van der Waals surface area contributed by atoms with E-state index in [0.29, 0.717) is 0 Å². The second-order valence-electron chi connectivity index (χ2n) is 17.4. The highest BCUT2D eigenvalue weighted by Crippen LogP contribution is 2.53. The zero-order valence-corrected chi connectivity index (χ0v) is 43.0. The van der Waals surface area contributed by atoms with E-state index in [2.05, 4.69) is 0 Å². The van der Waals surface area contributed by atoms with Gasteiger partial charge in [0.15, 0.2) is 23.4 Å². The number of hydrogen-bond donors (Lipinski definition) is 0. The lowest BCUT2D eigenvalue weighted by Gasteiger charge is -2.44. The Kier molecular flexibility index (Phi) is 17.0. The molecule has 24 heteroatoms. The van der Waals surface area contributed by atoms with Crippen molar-refractivity contribution in [1.82, 2.24) is 0 Å². The average Bonchev–Trinajstić information content (AvgIpc) is 3.51. The van der Waals surface area contributed by atoms with Gasteiger partial charge in [0.05, 0.1) is 11.5 Å². The summed E-state index contributed by atoms with van der Waals surface area (Å²) in [6, 6.07) is 15.5. The molecule has 0 bridgehead atoms. The van der Waals surface area contributed by atoms with E-state index in [1.807, 2.05) is 0 Å². The van der Waals surface area contributed by atoms with E-state index >= 15 is 4.79 Å². The number of carbonyl (C=O) groups is 10. The summed E-state index contributed by atoms with van der Waals surface area (Å²) < 4.78 is 75.5. The number of esters is 9. The molecule has 0 N–H and O–H groups in total. The highest BCUT2D eigenvalue weighted by Gasteiger charge is 2.54. The number of ketones is 1. The van der Waals surface area contributed by atoms with Crippen LogP contribution in [0.1, 0.15) is 95.8 Å². The lowest BCUT2D eigenvalue weighted by Crippen LogP contribution is -2.63. The van der Waals surface area contributed by atoms with Crippen LogP contribution in [0.5, 0.6) is 40.2 Å². The standard InChI is InChI=1S/C54H48O24/c1-23(55)66-22-43-50(72-29(7)61)52(73-30(8)62)53(74-31(9)63)54(78-43)77-42-21-41(71-28(6)60)44-37(64)20-38(32-10-14-34(15-11-32)67-24(2)56)75-51(44)46(42)47-48(65)45-39(70-27(5)59)18-36(69-26(4)58)19-40(45)76-49(47)33-12-16-35(17-13-33)68-25(3)57/h10-21,43,47,49-50,52-54H,22H2,1-9H3/t43-,47?,49?,50-,52+,53-,54-/m1/s1. The molecule has 0 saturated carbocycles. The van der Waals surface area contributed by atoms with Crippen LogP contribution in [0.15, 0.2) is 82.0 Å². The molecule has 1 saturated heterocycles. The molecule has 78 heavy (non-hydrogen) atoms. The van der Waals surface area contributed by atoms with Crippen molar-refractivity contribution in [2.45, 2.75) is 105 Å². The maximum atomic E-state index is 16.0. The Balaban J connectivity index is 1.61. The summed E-state index contributed by atoms with van der Waals surface area (Å²) in [6.45, 7) is 8.80. The summed E-state index contributed by atoms with van der Waals surface area (Å²) in [5.41, 5.74) is -1.97. The molecule has 1 aromatic heterocycles. The normalized spacial score (nSPS) is 19.3. The van der Waals surface area contributed by atoms with Gasteiger partial charge in [-0.1, -0.05) is 12.1 Å². The van der Waals surface area contributed by atoms with Gasteiger partial charge in [0, 0.05) is 92.1 Å². The quantitative estimate of drug-likeness (QED) is 0.0694. The number of hydrogen-bond acceptors (Lipinski definition) is 24. The fourth-order valence-electron chi connectivity index (χ4n) is 8.62. The minimum absolute atomic E-state index is 0.0545. The van der Waals surface area contributed by atoms with Crippen LogP contribution in [0.2, 0.25) is 0 Å². The van der Waals surface area contributed by atoms with Crippen molar-refractivity contribution >= 4 is 70.5 Å². The third-order valence-electron chi connectivity index (χ3n) is 11.2.